The number of benzene rings is 1. The van der Waals surface area contributed by atoms with Gasteiger partial charge < -0.3 is 5.73 Å². The van der Waals surface area contributed by atoms with Crippen LogP contribution >= 0.6 is 0 Å². The average Bonchev–Trinajstić information content (AvgIpc) is 2.62. The van der Waals surface area contributed by atoms with Gasteiger partial charge in [0.15, 0.2) is 0 Å². The van der Waals surface area contributed by atoms with E-state index in [1.807, 2.05) is 25.5 Å². The molecular formula is C15H20FN3O. The molecule has 0 saturated carbocycles. The monoisotopic (exact) mass is 277 g/mol. The van der Waals surface area contributed by atoms with Crippen LogP contribution in [0.1, 0.15) is 38.8 Å². The highest BCUT2D eigenvalue weighted by Gasteiger charge is 2.20. The molecule has 2 aromatic rings. The Bertz CT molecular complexity index is 670. The summed E-state index contributed by atoms with van der Waals surface area (Å²) in [4.78, 5) is 12.4. The number of anilines is 1. The van der Waals surface area contributed by atoms with E-state index in [1.165, 1.54) is 16.8 Å². The van der Waals surface area contributed by atoms with Gasteiger partial charge in [-0.2, -0.15) is 0 Å². The molecule has 20 heavy (non-hydrogen) atoms. The van der Waals surface area contributed by atoms with Gasteiger partial charge in [-0.05, 0) is 30.5 Å². The van der Waals surface area contributed by atoms with E-state index < -0.39 is 0 Å². The number of aromatic nitrogens is 2. The van der Waals surface area contributed by atoms with Crippen LogP contribution in [-0.2, 0) is 6.54 Å². The molecular weight excluding hydrogens is 257 g/mol. The quantitative estimate of drug-likeness (QED) is 0.934. The standard InChI is InChI=1S/C15H20FN3O/c1-4-8-18-14(10(2)3)13(17)15(20)19(18)12-7-5-6-11(16)9-12/h5-7,9-10H,4,8,17H2,1-3H3. The number of halogens is 1. The molecule has 0 spiro atoms. The van der Waals surface area contributed by atoms with Gasteiger partial charge in [0.1, 0.15) is 11.5 Å². The lowest BCUT2D eigenvalue weighted by molar-refractivity contribution is 0.501. The second kappa shape index (κ2) is 5.53. The van der Waals surface area contributed by atoms with Crippen molar-refractivity contribution in [3.63, 3.8) is 0 Å². The fourth-order valence-corrected chi connectivity index (χ4v) is 2.49. The van der Waals surface area contributed by atoms with Gasteiger partial charge in [0, 0.05) is 6.54 Å². The SMILES string of the molecule is CCCn1c(C(C)C)c(N)c(=O)n1-c1cccc(F)c1. The van der Waals surface area contributed by atoms with Gasteiger partial charge in [-0.1, -0.05) is 26.8 Å². The largest absolute Gasteiger partial charge is 0.393 e. The van der Waals surface area contributed by atoms with Crippen LogP contribution in [0.4, 0.5) is 10.1 Å². The minimum atomic E-state index is -0.372. The van der Waals surface area contributed by atoms with Crippen LogP contribution in [-0.4, -0.2) is 9.36 Å². The molecule has 0 radical (unpaired) electrons. The molecule has 2 rings (SSSR count). The van der Waals surface area contributed by atoms with E-state index in [1.54, 1.807) is 12.1 Å². The van der Waals surface area contributed by atoms with Gasteiger partial charge in [0.2, 0.25) is 0 Å². The third-order valence-electron chi connectivity index (χ3n) is 3.25. The highest BCUT2D eigenvalue weighted by atomic mass is 19.1. The third kappa shape index (κ3) is 2.35. The molecule has 0 aliphatic carbocycles. The van der Waals surface area contributed by atoms with Crippen LogP contribution in [0.15, 0.2) is 29.1 Å². The first-order valence-corrected chi connectivity index (χ1v) is 6.84. The van der Waals surface area contributed by atoms with E-state index in [4.69, 9.17) is 5.73 Å². The summed E-state index contributed by atoms with van der Waals surface area (Å²) < 4.78 is 16.7. The maximum atomic E-state index is 13.4. The van der Waals surface area contributed by atoms with E-state index in [2.05, 4.69) is 0 Å². The highest BCUT2D eigenvalue weighted by Crippen LogP contribution is 2.22. The van der Waals surface area contributed by atoms with Crippen molar-refractivity contribution in [3.05, 3.63) is 46.1 Å². The van der Waals surface area contributed by atoms with Crippen molar-refractivity contribution in [2.75, 3.05) is 5.73 Å². The third-order valence-corrected chi connectivity index (χ3v) is 3.25. The number of nitrogen functional groups attached to an aromatic ring is 1. The summed E-state index contributed by atoms with van der Waals surface area (Å²) in [6.45, 7) is 6.68. The smallest absolute Gasteiger partial charge is 0.294 e. The Balaban J connectivity index is 2.75. The molecule has 0 unspecified atom stereocenters. The van der Waals surface area contributed by atoms with Crippen molar-refractivity contribution in [2.24, 2.45) is 0 Å². The van der Waals surface area contributed by atoms with Crippen molar-refractivity contribution in [3.8, 4) is 5.69 Å². The van der Waals surface area contributed by atoms with E-state index in [0.717, 1.165) is 12.1 Å². The fourth-order valence-electron chi connectivity index (χ4n) is 2.49. The molecule has 0 aliphatic rings. The van der Waals surface area contributed by atoms with Crippen LogP contribution < -0.4 is 11.3 Å². The summed E-state index contributed by atoms with van der Waals surface area (Å²) in [6, 6.07) is 6.00. The molecule has 1 heterocycles. The van der Waals surface area contributed by atoms with Gasteiger partial charge in [0.05, 0.1) is 11.4 Å². The summed E-state index contributed by atoms with van der Waals surface area (Å²) in [5.41, 5.74) is 7.23. The Morgan fingerprint density at radius 2 is 2.05 bits per heavy atom. The number of nitrogens with zero attached hydrogens (tertiary/aromatic N) is 2. The second-order valence-electron chi connectivity index (χ2n) is 5.17. The Morgan fingerprint density at radius 1 is 1.35 bits per heavy atom. The maximum absolute atomic E-state index is 13.4. The van der Waals surface area contributed by atoms with E-state index in [-0.39, 0.29) is 23.0 Å². The van der Waals surface area contributed by atoms with Gasteiger partial charge in [-0.25, -0.2) is 9.07 Å². The molecule has 0 atom stereocenters. The molecule has 0 amide bonds. The molecule has 0 aliphatic heterocycles. The number of hydrogen-bond acceptors (Lipinski definition) is 2. The Morgan fingerprint density at radius 3 is 2.60 bits per heavy atom. The Kier molecular flexibility index (Phi) is 3.97. The van der Waals surface area contributed by atoms with Crippen molar-refractivity contribution in [1.82, 2.24) is 9.36 Å². The summed E-state index contributed by atoms with van der Waals surface area (Å²) in [5, 5.41) is 0. The second-order valence-corrected chi connectivity index (χ2v) is 5.17. The summed E-state index contributed by atoms with van der Waals surface area (Å²) in [6.07, 6.45) is 0.864. The Labute approximate surface area is 117 Å². The van der Waals surface area contributed by atoms with Crippen molar-refractivity contribution in [2.45, 2.75) is 39.7 Å². The maximum Gasteiger partial charge on any atom is 0.294 e. The lowest BCUT2D eigenvalue weighted by atomic mass is 10.1. The molecule has 4 nitrogen and oxygen atoms in total. The van der Waals surface area contributed by atoms with Crippen molar-refractivity contribution in [1.29, 1.82) is 0 Å². The van der Waals surface area contributed by atoms with Gasteiger partial charge in [-0.3, -0.25) is 9.48 Å². The van der Waals surface area contributed by atoms with E-state index in [0.29, 0.717) is 12.2 Å². The molecule has 0 fully saturated rings. The zero-order chi connectivity index (χ0) is 14.9. The van der Waals surface area contributed by atoms with Crippen molar-refractivity contribution < 1.29 is 4.39 Å². The Hall–Kier alpha value is -2.04. The first-order chi connectivity index (χ1) is 9.47. The lowest BCUT2D eigenvalue weighted by Gasteiger charge is -2.16. The van der Waals surface area contributed by atoms with Crippen LogP contribution in [0, 0.1) is 5.82 Å². The van der Waals surface area contributed by atoms with E-state index in [9.17, 15) is 9.18 Å². The fraction of sp³-hybridized carbons (Fsp3) is 0.400. The number of nitrogens with two attached hydrogens (primary N) is 1. The molecule has 108 valence electrons. The zero-order valence-corrected chi connectivity index (χ0v) is 12.1. The molecule has 1 aromatic heterocycles. The average molecular weight is 277 g/mol. The summed E-state index contributed by atoms with van der Waals surface area (Å²) >= 11 is 0. The summed E-state index contributed by atoms with van der Waals surface area (Å²) in [5.74, 6) is -0.243. The molecule has 2 N–H and O–H groups in total. The van der Waals surface area contributed by atoms with Gasteiger partial charge in [-0.15, -0.1) is 0 Å². The topological polar surface area (TPSA) is 52.9 Å². The highest BCUT2D eigenvalue weighted by molar-refractivity contribution is 5.47. The van der Waals surface area contributed by atoms with Crippen LogP contribution in [0.2, 0.25) is 0 Å². The van der Waals surface area contributed by atoms with Crippen molar-refractivity contribution >= 4 is 5.69 Å². The first kappa shape index (κ1) is 14.4. The number of rotatable bonds is 4. The molecule has 0 saturated heterocycles. The van der Waals surface area contributed by atoms with Crippen LogP contribution in [0.3, 0.4) is 0 Å². The molecule has 1 aromatic carbocycles. The van der Waals surface area contributed by atoms with Gasteiger partial charge >= 0.3 is 0 Å². The normalized spacial score (nSPS) is 11.2. The van der Waals surface area contributed by atoms with Crippen LogP contribution in [0.25, 0.3) is 5.69 Å². The predicted octanol–water partition coefficient (Wildman–Crippen LogP) is 2.89. The minimum Gasteiger partial charge on any atom is -0.393 e. The zero-order valence-electron chi connectivity index (χ0n) is 12.1. The molecule has 5 heteroatoms. The predicted molar refractivity (Wildman–Crippen MR) is 78.8 cm³/mol. The first-order valence-electron chi connectivity index (χ1n) is 6.84. The lowest BCUT2D eigenvalue weighted by Crippen LogP contribution is -2.22. The molecule has 0 bridgehead atoms. The minimum absolute atomic E-state index is 0.129. The van der Waals surface area contributed by atoms with Gasteiger partial charge in [0.25, 0.3) is 5.56 Å². The number of hydrogen-bond donors (Lipinski definition) is 1. The van der Waals surface area contributed by atoms with E-state index >= 15 is 0 Å². The summed E-state index contributed by atoms with van der Waals surface area (Å²) in [7, 11) is 0. The van der Waals surface area contributed by atoms with Crippen LogP contribution in [0.5, 0.6) is 0 Å².